The Morgan fingerprint density at radius 3 is 2.95 bits per heavy atom. The standard InChI is InChI=1S/C14H14N6O2/c1-9-3-4-12(22-2)11(5-9)19-13(21)10(6-15)7-16-14-17-8-18-20-14/h3-5,7-8H,1-2H3,(H,19,21)(H2,16,17,18,20)/b10-7-. The second-order valence-corrected chi connectivity index (χ2v) is 4.31. The van der Waals surface area contributed by atoms with E-state index in [9.17, 15) is 4.79 Å². The number of aryl methyl sites for hydroxylation is 1. The van der Waals surface area contributed by atoms with E-state index in [4.69, 9.17) is 10.00 Å². The number of aromatic amines is 1. The third kappa shape index (κ3) is 3.61. The van der Waals surface area contributed by atoms with Crippen LogP contribution >= 0.6 is 0 Å². The minimum absolute atomic E-state index is 0.111. The van der Waals surface area contributed by atoms with Crippen molar-refractivity contribution >= 4 is 17.5 Å². The molecule has 3 N–H and O–H groups in total. The lowest BCUT2D eigenvalue weighted by molar-refractivity contribution is -0.112. The first kappa shape index (κ1) is 15.1. The van der Waals surface area contributed by atoms with Crippen LogP contribution in [0.1, 0.15) is 5.56 Å². The van der Waals surface area contributed by atoms with Gasteiger partial charge in [0.15, 0.2) is 0 Å². The molecule has 8 heteroatoms. The number of H-pyrrole nitrogens is 1. The molecule has 0 aliphatic heterocycles. The summed E-state index contributed by atoms with van der Waals surface area (Å²) in [5.41, 5.74) is 1.34. The van der Waals surface area contributed by atoms with Crippen molar-refractivity contribution in [3.05, 3.63) is 41.9 Å². The highest BCUT2D eigenvalue weighted by Crippen LogP contribution is 2.25. The third-order valence-corrected chi connectivity index (χ3v) is 2.74. The molecule has 1 aromatic heterocycles. The lowest BCUT2D eigenvalue weighted by atomic mass is 10.2. The van der Waals surface area contributed by atoms with E-state index < -0.39 is 5.91 Å². The Morgan fingerprint density at radius 1 is 1.50 bits per heavy atom. The average Bonchev–Trinajstić information content (AvgIpc) is 3.01. The number of carbonyl (C=O) groups is 1. The minimum Gasteiger partial charge on any atom is -0.495 e. The molecule has 1 amide bonds. The molecule has 0 atom stereocenters. The van der Waals surface area contributed by atoms with Gasteiger partial charge in [0.05, 0.1) is 12.8 Å². The van der Waals surface area contributed by atoms with E-state index >= 15 is 0 Å². The van der Waals surface area contributed by atoms with Crippen LogP contribution in [-0.4, -0.2) is 28.2 Å². The number of nitriles is 1. The molecule has 22 heavy (non-hydrogen) atoms. The number of nitrogens with one attached hydrogen (secondary N) is 3. The number of benzene rings is 1. The van der Waals surface area contributed by atoms with Crippen LogP contribution in [0.25, 0.3) is 0 Å². The van der Waals surface area contributed by atoms with Gasteiger partial charge in [-0.1, -0.05) is 6.07 Å². The second-order valence-electron chi connectivity index (χ2n) is 4.31. The number of ether oxygens (including phenoxy) is 1. The van der Waals surface area contributed by atoms with Crippen LogP contribution in [0, 0.1) is 18.3 Å². The molecule has 0 saturated heterocycles. The molecule has 1 aromatic carbocycles. The van der Waals surface area contributed by atoms with E-state index in [-0.39, 0.29) is 5.57 Å². The quantitative estimate of drug-likeness (QED) is 0.570. The van der Waals surface area contributed by atoms with Gasteiger partial charge < -0.3 is 15.4 Å². The highest BCUT2D eigenvalue weighted by Gasteiger charge is 2.12. The van der Waals surface area contributed by atoms with Gasteiger partial charge >= 0.3 is 0 Å². The molecule has 0 spiro atoms. The van der Waals surface area contributed by atoms with Gasteiger partial charge in [-0.15, -0.1) is 0 Å². The molecule has 2 rings (SSSR count). The van der Waals surface area contributed by atoms with E-state index in [1.807, 2.05) is 19.1 Å². The topological polar surface area (TPSA) is 116 Å². The Hall–Kier alpha value is -3.34. The molecule has 112 valence electrons. The highest BCUT2D eigenvalue weighted by atomic mass is 16.5. The lowest BCUT2D eigenvalue weighted by Gasteiger charge is -2.10. The van der Waals surface area contributed by atoms with Crippen molar-refractivity contribution in [2.24, 2.45) is 0 Å². The van der Waals surface area contributed by atoms with E-state index in [1.54, 1.807) is 12.1 Å². The molecule has 8 nitrogen and oxygen atoms in total. The fraction of sp³-hybridized carbons (Fsp3) is 0.143. The summed E-state index contributed by atoms with van der Waals surface area (Å²) in [6.07, 6.45) is 2.55. The maximum Gasteiger partial charge on any atom is 0.267 e. The summed E-state index contributed by atoms with van der Waals surface area (Å²) < 4.78 is 5.18. The summed E-state index contributed by atoms with van der Waals surface area (Å²) in [6.45, 7) is 1.89. The molecule has 0 fully saturated rings. The van der Waals surface area contributed by atoms with Crippen LogP contribution in [0.3, 0.4) is 0 Å². The van der Waals surface area contributed by atoms with Gasteiger partial charge in [0.2, 0.25) is 5.95 Å². The Bertz CT molecular complexity index is 730. The SMILES string of the molecule is COc1ccc(C)cc1NC(=O)/C(C#N)=C\Nc1ncn[nH]1. The largest absolute Gasteiger partial charge is 0.495 e. The Kier molecular flexibility index (Phi) is 4.72. The summed E-state index contributed by atoms with van der Waals surface area (Å²) in [5, 5.41) is 20.6. The number of carbonyl (C=O) groups excluding carboxylic acids is 1. The Morgan fingerprint density at radius 2 is 2.32 bits per heavy atom. The highest BCUT2D eigenvalue weighted by molar-refractivity contribution is 6.07. The number of methoxy groups -OCH3 is 1. The van der Waals surface area contributed by atoms with E-state index in [1.165, 1.54) is 19.6 Å². The van der Waals surface area contributed by atoms with Crippen molar-refractivity contribution < 1.29 is 9.53 Å². The third-order valence-electron chi connectivity index (χ3n) is 2.74. The zero-order chi connectivity index (χ0) is 15.9. The van der Waals surface area contributed by atoms with Crippen molar-refractivity contribution in [1.82, 2.24) is 15.2 Å². The van der Waals surface area contributed by atoms with Crippen molar-refractivity contribution in [2.75, 3.05) is 17.7 Å². The summed E-state index contributed by atoms with van der Waals surface area (Å²) >= 11 is 0. The number of amides is 1. The van der Waals surface area contributed by atoms with Crippen LogP contribution < -0.4 is 15.4 Å². The molecule has 0 aliphatic rings. The molecule has 0 bridgehead atoms. The average molecular weight is 298 g/mol. The maximum atomic E-state index is 12.1. The number of rotatable bonds is 5. The molecule has 0 saturated carbocycles. The molecule has 1 heterocycles. The van der Waals surface area contributed by atoms with Crippen LogP contribution in [-0.2, 0) is 4.79 Å². The van der Waals surface area contributed by atoms with E-state index in [0.29, 0.717) is 17.4 Å². The van der Waals surface area contributed by atoms with Gasteiger partial charge in [0.1, 0.15) is 23.7 Å². The van der Waals surface area contributed by atoms with Crippen molar-refractivity contribution in [3.63, 3.8) is 0 Å². The number of nitrogens with zero attached hydrogens (tertiary/aromatic N) is 3. The van der Waals surface area contributed by atoms with Gasteiger partial charge in [-0.25, -0.2) is 5.10 Å². The number of aromatic nitrogens is 3. The summed E-state index contributed by atoms with van der Waals surface area (Å²) in [6, 6.07) is 7.19. The predicted octanol–water partition coefficient (Wildman–Crippen LogP) is 1.58. The number of anilines is 2. The monoisotopic (exact) mass is 298 g/mol. The van der Waals surface area contributed by atoms with Gasteiger partial charge in [0.25, 0.3) is 5.91 Å². The normalized spacial score (nSPS) is 10.7. The van der Waals surface area contributed by atoms with Crippen LogP contribution in [0.15, 0.2) is 36.3 Å². The van der Waals surface area contributed by atoms with Gasteiger partial charge in [-0.05, 0) is 24.6 Å². The van der Waals surface area contributed by atoms with E-state index in [0.717, 1.165) is 5.56 Å². The number of hydrogen-bond acceptors (Lipinski definition) is 6. The zero-order valence-electron chi connectivity index (χ0n) is 12.0. The number of hydrogen-bond donors (Lipinski definition) is 3. The molecule has 2 aromatic rings. The fourth-order valence-corrected chi connectivity index (χ4v) is 1.67. The van der Waals surface area contributed by atoms with Gasteiger partial charge in [-0.2, -0.15) is 15.3 Å². The van der Waals surface area contributed by atoms with Crippen molar-refractivity contribution in [1.29, 1.82) is 5.26 Å². The molecule has 0 radical (unpaired) electrons. The molecule has 0 unspecified atom stereocenters. The zero-order valence-corrected chi connectivity index (χ0v) is 12.0. The lowest BCUT2D eigenvalue weighted by Crippen LogP contribution is -2.15. The van der Waals surface area contributed by atoms with Crippen LogP contribution in [0.2, 0.25) is 0 Å². The Balaban J connectivity index is 2.14. The minimum atomic E-state index is -0.557. The van der Waals surface area contributed by atoms with Crippen molar-refractivity contribution in [2.45, 2.75) is 6.92 Å². The van der Waals surface area contributed by atoms with Crippen LogP contribution in [0.4, 0.5) is 11.6 Å². The van der Waals surface area contributed by atoms with Crippen LogP contribution in [0.5, 0.6) is 5.75 Å². The first-order valence-electron chi connectivity index (χ1n) is 6.32. The second kappa shape index (κ2) is 6.90. The van der Waals surface area contributed by atoms with Gasteiger partial charge in [0, 0.05) is 6.20 Å². The predicted molar refractivity (Wildman–Crippen MR) is 80.1 cm³/mol. The molecule has 0 aliphatic carbocycles. The summed E-state index contributed by atoms with van der Waals surface area (Å²) in [7, 11) is 1.51. The van der Waals surface area contributed by atoms with E-state index in [2.05, 4.69) is 25.8 Å². The first-order chi connectivity index (χ1) is 10.6. The van der Waals surface area contributed by atoms with Gasteiger partial charge in [-0.3, -0.25) is 4.79 Å². The fourth-order valence-electron chi connectivity index (χ4n) is 1.67. The summed E-state index contributed by atoms with van der Waals surface area (Å²) in [5.74, 6) is 0.284. The molecular formula is C14H14N6O2. The van der Waals surface area contributed by atoms with Crippen molar-refractivity contribution in [3.8, 4) is 11.8 Å². The molecular weight excluding hydrogens is 284 g/mol. The summed E-state index contributed by atoms with van der Waals surface area (Å²) in [4.78, 5) is 16.0. The first-order valence-corrected chi connectivity index (χ1v) is 6.32. The maximum absolute atomic E-state index is 12.1. The Labute approximate surface area is 126 Å². The smallest absolute Gasteiger partial charge is 0.267 e.